The van der Waals surface area contributed by atoms with Gasteiger partial charge in [-0.3, -0.25) is 4.68 Å². The Labute approximate surface area is 81.3 Å². The highest BCUT2D eigenvalue weighted by molar-refractivity contribution is 5.87. The van der Waals surface area contributed by atoms with Crippen LogP contribution < -0.4 is 0 Å². The summed E-state index contributed by atoms with van der Waals surface area (Å²) in [7, 11) is 1.67. The van der Waals surface area contributed by atoms with E-state index in [4.69, 9.17) is 9.84 Å². The van der Waals surface area contributed by atoms with Crippen LogP contribution >= 0.6 is 0 Å². The minimum Gasteiger partial charge on any atom is -0.477 e. The first kappa shape index (κ1) is 9.21. The molecule has 0 aliphatic carbocycles. The molecule has 0 fully saturated rings. The van der Waals surface area contributed by atoms with Gasteiger partial charge in [0.25, 0.3) is 0 Å². The summed E-state index contributed by atoms with van der Waals surface area (Å²) in [5.74, 6) is -0.914. The third kappa shape index (κ3) is 1.39. The van der Waals surface area contributed by atoms with Crippen LogP contribution in [0.4, 0.5) is 0 Å². The number of aromatic nitrogens is 2. The third-order valence-corrected chi connectivity index (χ3v) is 2.41. The van der Waals surface area contributed by atoms with Crippen LogP contribution in [0.5, 0.6) is 0 Å². The fourth-order valence-electron chi connectivity index (χ4n) is 1.80. The molecule has 0 bridgehead atoms. The lowest BCUT2D eigenvalue weighted by molar-refractivity contribution is 0.0683. The summed E-state index contributed by atoms with van der Waals surface area (Å²) in [5.41, 5.74) is 1.99. The highest BCUT2D eigenvalue weighted by Crippen LogP contribution is 2.17. The molecular formula is C9H12N2O3. The van der Waals surface area contributed by atoms with Crippen LogP contribution in [-0.4, -0.2) is 34.1 Å². The van der Waals surface area contributed by atoms with Crippen LogP contribution in [0.25, 0.3) is 0 Å². The number of ether oxygens (including phenoxy) is 1. The number of aromatic carboxylic acids is 1. The van der Waals surface area contributed by atoms with Crippen molar-refractivity contribution in [1.82, 2.24) is 9.78 Å². The molecule has 0 aromatic carbocycles. The summed E-state index contributed by atoms with van der Waals surface area (Å²) in [6.07, 6.45) is 1.35. The van der Waals surface area contributed by atoms with Crippen molar-refractivity contribution in [3.8, 4) is 0 Å². The van der Waals surface area contributed by atoms with Gasteiger partial charge >= 0.3 is 5.97 Å². The van der Waals surface area contributed by atoms with Crippen LogP contribution in [0.1, 0.15) is 21.7 Å². The zero-order valence-electron chi connectivity index (χ0n) is 7.99. The van der Waals surface area contributed by atoms with Crippen molar-refractivity contribution in [1.29, 1.82) is 0 Å². The average Bonchev–Trinajstić information content (AvgIpc) is 2.31. The first-order valence-electron chi connectivity index (χ1n) is 4.56. The number of carboxylic acid groups (broad SMARTS) is 1. The fraction of sp³-hybridized carbons (Fsp3) is 0.556. The molecular weight excluding hydrogens is 184 g/mol. The Morgan fingerprint density at radius 3 is 2.93 bits per heavy atom. The Morgan fingerprint density at radius 1 is 1.50 bits per heavy atom. The van der Waals surface area contributed by atoms with Crippen molar-refractivity contribution in [2.75, 3.05) is 13.2 Å². The Morgan fingerprint density at radius 2 is 2.21 bits per heavy atom. The second kappa shape index (κ2) is 3.42. The molecule has 0 amide bonds. The number of aryl methyl sites for hydroxylation is 1. The van der Waals surface area contributed by atoms with Gasteiger partial charge in [0.15, 0.2) is 0 Å². The number of carboxylic acids is 1. The Bertz CT molecular complexity index is 370. The second-order valence-electron chi connectivity index (χ2n) is 3.31. The summed E-state index contributed by atoms with van der Waals surface area (Å²) < 4.78 is 6.71. The van der Waals surface area contributed by atoms with E-state index in [9.17, 15) is 4.79 Å². The van der Waals surface area contributed by atoms with E-state index < -0.39 is 5.97 Å². The quantitative estimate of drug-likeness (QED) is 0.698. The van der Waals surface area contributed by atoms with Gasteiger partial charge in [0.1, 0.15) is 5.69 Å². The van der Waals surface area contributed by atoms with Crippen molar-refractivity contribution in [3.63, 3.8) is 0 Å². The van der Waals surface area contributed by atoms with E-state index >= 15 is 0 Å². The number of rotatable bonds is 1. The summed E-state index contributed by atoms with van der Waals surface area (Å²) in [6, 6.07) is 0. The third-order valence-electron chi connectivity index (χ3n) is 2.41. The van der Waals surface area contributed by atoms with Gasteiger partial charge in [-0.25, -0.2) is 4.79 Å². The van der Waals surface area contributed by atoms with E-state index in [1.165, 1.54) is 4.68 Å². The number of fused-ring (bicyclic) bond motifs is 1. The molecule has 14 heavy (non-hydrogen) atoms. The van der Waals surface area contributed by atoms with Crippen molar-refractivity contribution in [2.24, 2.45) is 7.05 Å². The molecule has 2 rings (SSSR count). The fourth-order valence-corrected chi connectivity index (χ4v) is 1.80. The van der Waals surface area contributed by atoms with Crippen molar-refractivity contribution in [3.05, 3.63) is 17.0 Å². The summed E-state index contributed by atoms with van der Waals surface area (Å²) >= 11 is 0. The van der Waals surface area contributed by atoms with Crippen molar-refractivity contribution in [2.45, 2.75) is 12.8 Å². The highest BCUT2D eigenvalue weighted by atomic mass is 16.5. The molecule has 1 aliphatic rings. The molecule has 0 saturated carbocycles. The first-order chi connectivity index (χ1) is 6.70. The van der Waals surface area contributed by atoms with E-state index in [-0.39, 0.29) is 0 Å². The van der Waals surface area contributed by atoms with Crippen LogP contribution in [0, 0.1) is 0 Å². The second-order valence-corrected chi connectivity index (χ2v) is 3.31. The normalized spacial score (nSPS) is 16.1. The molecule has 0 saturated heterocycles. The van der Waals surface area contributed by atoms with E-state index in [0.717, 1.165) is 11.3 Å². The van der Waals surface area contributed by atoms with Gasteiger partial charge in [-0.15, -0.1) is 0 Å². The SMILES string of the molecule is Cn1nc2c(c1C(=O)O)CCOCC2. The maximum atomic E-state index is 11.0. The van der Waals surface area contributed by atoms with Gasteiger partial charge in [0, 0.05) is 25.5 Å². The molecule has 1 aromatic heterocycles. The molecule has 0 radical (unpaired) electrons. The lowest BCUT2D eigenvalue weighted by Crippen LogP contribution is -2.09. The molecule has 0 unspecified atom stereocenters. The number of hydrogen-bond acceptors (Lipinski definition) is 3. The van der Waals surface area contributed by atoms with E-state index in [1.54, 1.807) is 7.05 Å². The van der Waals surface area contributed by atoms with Crippen molar-refractivity contribution < 1.29 is 14.6 Å². The van der Waals surface area contributed by atoms with Gasteiger partial charge in [-0.1, -0.05) is 0 Å². The van der Waals surface area contributed by atoms with Crippen LogP contribution in [-0.2, 0) is 24.6 Å². The van der Waals surface area contributed by atoms with Gasteiger partial charge in [0.05, 0.1) is 18.9 Å². The molecule has 1 aromatic rings. The maximum absolute atomic E-state index is 11.0. The van der Waals surface area contributed by atoms with Crippen molar-refractivity contribution >= 4 is 5.97 Å². The standard InChI is InChI=1S/C9H12N2O3/c1-11-8(9(12)13)6-2-4-14-5-3-7(6)10-11/h2-5H2,1H3,(H,12,13). The van der Waals surface area contributed by atoms with Gasteiger partial charge in [-0.2, -0.15) is 5.10 Å². The largest absolute Gasteiger partial charge is 0.477 e. The number of carbonyl (C=O) groups is 1. The number of nitrogens with zero attached hydrogens (tertiary/aromatic N) is 2. The van der Waals surface area contributed by atoms with Crippen LogP contribution in [0.15, 0.2) is 0 Å². The van der Waals surface area contributed by atoms with Gasteiger partial charge in [-0.05, 0) is 0 Å². The first-order valence-corrected chi connectivity index (χ1v) is 4.56. The zero-order chi connectivity index (χ0) is 10.1. The van der Waals surface area contributed by atoms with Gasteiger partial charge in [0.2, 0.25) is 0 Å². The minimum absolute atomic E-state index is 0.297. The van der Waals surface area contributed by atoms with E-state index in [1.807, 2.05) is 0 Å². The summed E-state index contributed by atoms with van der Waals surface area (Å²) in [4.78, 5) is 11.0. The molecule has 76 valence electrons. The molecule has 1 N–H and O–H groups in total. The Kier molecular flexibility index (Phi) is 2.25. The van der Waals surface area contributed by atoms with Crippen LogP contribution in [0.3, 0.4) is 0 Å². The topological polar surface area (TPSA) is 64.4 Å². The number of hydrogen-bond donors (Lipinski definition) is 1. The van der Waals surface area contributed by atoms with Crippen LogP contribution in [0.2, 0.25) is 0 Å². The van der Waals surface area contributed by atoms with Gasteiger partial charge < -0.3 is 9.84 Å². The minimum atomic E-state index is -0.914. The summed E-state index contributed by atoms with van der Waals surface area (Å²) in [6.45, 7) is 1.21. The molecule has 0 atom stereocenters. The lowest BCUT2D eigenvalue weighted by Gasteiger charge is -1.99. The lowest BCUT2D eigenvalue weighted by atomic mass is 10.1. The Hall–Kier alpha value is -1.36. The molecule has 1 aliphatic heterocycles. The smallest absolute Gasteiger partial charge is 0.354 e. The van der Waals surface area contributed by atoms with E-state index in [2.05, 4.69) is 5.10 Å². The molecule has 2 heterocycles. The predicted octanol–water partition coefficient (Wildman–Crippen LogP) is 0.234. The maximum Gasteiger partial charge on any atom is 0.354 e. The zero-order valence-corrected chi connectivity index (χ0v) is 7.99. The summed E-state index contributed by atoms with van der Waals surface area (Å²) in [5, 5.41) is 13.2. The van der Waals surface area contributed by atoms with E-state index in [0.29, 0.717) is 31.7 Å². The highest BCUT2D eigenvalue weighted by Gasteiger charge is 2.22. The average molecular weight is 196 g/mol. The monoisotopic (exact) mass is 196 g/mol. The molecule has 0 spiro atoms. The Balaban J connectivity index is 2.49. The molecule has 5 nitrogen and oxygen atoms in total. The molecule has 5 heteroatoms. The predicted molar refractivity (Wildman–Crippen MR) is 48.4 cm³/mol.